The summed E-state index contributed by atoms with van der Waals surface area (Å²) in [6.07, 6.45) is 3.10. The molecule has 0 saturated carbocycles. The number of benzene rings is 1. The lowest BCUT2D eigenvalue weighted by Gasteiger charge is -2.34. The molecule has 0 aromatic heterocycles. The summed E-state index contributed by atoms with van der Waals surface area (Å²) >= 11 is 0. The van der Waals surface area contributed by atoms with E-state index in [0.29, 0.717) is 5.92 Å². The van der Waals surface area contributed by atoms with E-state index in [4.69, 9.17) is 5.73 Å². The third-order valence-corrected chi connectivity index (χ3v) is 3.52. The van der Waals surface area contributed by atoms with E-state index in [-0.39, 0.29) is 6.10 Å². The first-order chi connectivity index (χ1) is 8.15. The lowest BCUT2D eigenvalue weighted by Crippen LogP contribution is -2.34. The number of nitrogen functional groups attached to an aromatic ring is 1. The fourth-order valence-corrected chi connectivity index (χ4v) is 2.63. The van der Waals surface area contributed by atoms with E-state index in [9.17, 15) is 5.11 Å². The van der Waals surface area contributed by atoms with Crippen LogP contribution in [0.3, 0.4) is 0 Å². The van der Waals surface area contributed by atoms with Crippen LogP contribution in [-0.2, 0) is 0 Å². The van der Waals surface area contributed by atoms with Crippen LogP contribution in [0.5, 0.6) is 0 Å². The molecule has 17 heavy (non-hydrogen) atoms. The van der Waals surface area contributed by atoms with Crippen molar-refractivity contribution in [1.82, 2.24) is 0 Å². The highest BCUT2D eigenvalue weighted by molar-refractivity contribution is 5.56. The standard InChI is InChI=1S/C14H22N2O/c1-11(17)9-12-5-7-16(8-6-12)14-4-2-3-13(15)10-14/h2-4,10-12,17H,5-9,15H2,1H3. The smallest absolute Gasteiger partial charge is 0.0514 e. The Hall–Kier alpha value is -1.22. The number of piperidine rings is 1. The second-order valence-electron chi connectivity index (χ2n) is 5.11. The lowest BCUT2D eigenvalue weighted by atomic mass is 9.91. The Bertz CT molecular complexity index is 357. The Balaban J connectivity index is 1.91. The molecule has 1 unspecified atom stereocenters. The topological polar surface area (TPSA) is 49.5 Å². The van der Waals surface area contributed by atoms with Crippen molar-refractivity contribution in [3.05, 3.63) is 24.3 Å². The van der Waals surface area contributed by atoms with Gasteiger partial charge in [0, 0.05) is 24.5 Å². The molecule has 1 aliphatic rings. The Labute approximate surface area is 103 Å². The quantitative estimate of drug-likeness (QED) is 0.789. The largest absolute Gasteiger partial charge is 0.399 e. The molecule has 3 N–H and O–H groups in total. The van der Waals surface area contributed by atoms with Crippen molar-refractivity contribution in [3.8, 4) is 0 Å². The number of aliphatic hydroxyl groups excluding tert-OH is 1. The second kappa shape index (κ2) is 5.41. The number of nitrogens with zero attached hydrogens (tertiary/aromatic N) is 1. The molecule has 1 saturated heterocycles. The van der Waals surface area contributed by atoms with Crippen LogP contribution in [0.15, 0.2) is 24.3 Å². The SMILES string of the molecule is CC(O)CC1CCN(c2cccc(N)c2)CC1. The average molecular weight is 234 g/mol. The van der Waals surface area contributed by atoms with Crippen molar-refractivity contribution >= 4 is 11.4 Å². The number of rotatable bonds is 3. The minimum atomic E-state index is -0.168. The van der Waals surface area contributed by atoms with Gasteiger partial charge in [-0.1, -0.05) is 6.07 Å². The van der Waals surface area contributed by atoms with Crippen LogP contribution in [-0.4, -0.2) is 24.3 Å². The summed E-state index contributed by atoms with van der Waals surface area (Å²) in [4.78, 5) is 2.38. The zero-order chi connectivity index (χ0) is 12.3. The third-order valence-electron chi connectivity index (χ3n) is 3.52. The van der Waals surface area contributed by atoms with Crippen LogP contribution >= 0.6 is 0 Å². The van der Waals surface area contributed by atoms with Gasteiger partial charge in [-0.15, -0.1) is 0 Å². The fraction of sp³-hybridized carbons (Fsp3) is 0.571. The second-order valence-corrected chi connectivity index (χ2v) is 5.11. The van der Waals surface area contributed by atoms with Gasteiger partial charge in [0.05, 0.1) is 6.10 Å². The molecule has 0 amide bonds. The molecular formula is C14H22N2O. The van der Waals surface area contributed by atoms with E-state index in [2.05, 4.69) is 11.0 Å². The van der Waals surface area contributed by atoms with Crippen molar-refractivity contribution in [2.45, 2.75) is 32.3 Å². The number of aliphatic hydroxyl groups is 1. The van der Waals surface area contributed by atoms with Gasteiger partial charge < -0.3 is 15.7 Å². The first-order valence-corrected chi connectivity index (χ1v) is 6.43. The number of anilines is 2. The zero-order valence-electron chi connectivity index (χ0n) is 10.5. The molecule has 0 aliphatic carbocycles. The fourth-order valence-electron chi connectivity index (χ4n) is 2.63. The molecule has 1 aliphatic heterocycles. The zero-order valence-corrected chi connectivity index (χ0v) is 10.5. The summed E-state index contributed by atoms with van der Waals surface area (Å²) in [5.74, 6) is 0.673. The van der Waals surface area contributed by atoms with Gasteiger partial charge in [0.2, 0.25) is 0 Å². The van der Waals surface area contributed by atoms with Gasteiger partial charge in [-0.3, -0.25) is 0 Å². The number of nitrogens with two attached hydrogens (primary N) is 1. The molecular weight excluding hydrogens is 212 g/mol. The average Bonchev–Trinajstić information content (AvgIpc) is 2.29. The van der Waals surface area contributed by atoms with E-state index in [0.717, 1.165) is 25.2 Å². The summed E-state index contributed by atoms with van der Waals surface area (Å²) in [7, 11) is 0. The van der Waals surface area contributed by atoms with Gasteiger partial charge in [0.15, 0.2) is 0 Å². The maximum absolute atomic E-state index is 9.39. The van der Waals surface area contributed by atoms with Crippen LogP contribution in [0.2, 0.25) is 0 Å². The maximum atomic E-state index is 9.39. The van der Waals surface area contributed by atoms with E-state index >= 15 is 0 Å². The van der Waals surface area contributed by atoms with Crippen molar-refractivity contribution in [3.63, 3.8) is 0 Å². The minimum Gasteiger partial charge on any atom is -0.399 e. The Kier molecular flexibility index (Phi) is 3.89. The molecule has 3 heteroatoms. The predicted molar refractivity (Wildman–Crippen MR) is 72.1 cm³/mol. The summed E-state index contributed by atoms with van der Waals surface area (Å²) in [6.45, 7) is 4.02. The monoisotopic (exact) mass is 234 g/mol. The number of hydrogen-bond acceptors (Lipinski definition) is 3. The van der Waals surface area contributed by atoms with Crippen molar-refractivity contribution in [2.75, 3.05) is 23.7 Å². The molecule has 1 aromatic rings. The molecule has 0 radical (unpaired) electrons. The summed E-state index contributed by atoms with van der Waals surface area (Å²) < 4.78 is 0. The van der Waals surface area contributed by atoms with E-state index < -0.39 is 0 Å². The molecule has 94 valence electrons. The van der Waals surface area contributed by atoms with Gasteiger partial charge in [0.1, 0.15) is 0 Å². The molecule has 3 nitrogen and oxygen atoms in total. The third kappa shape index (κ3) is 3.37. The number of hydrogen-bond donors (Lipinski definition) is 2. The molecule has 1 atom stereocenters. The molecule has 1 heterocycles. The van der Waals surface area contributed by atoms with Crippen molar-refractivity contribution in [2.24, 2.45) is 5.92 Å². The van der Waals surface area contributed by atoms with Crippen LogP contribution in [0.1, 0.15) is 26.2 Å². The van der Waals surface area contributed by atoms with Gasteiger partial charge in [-0.05, 0) is 50.3 Å². The maximum Gasteiger partial charge on any atom is 0.0514 e. The minimum absolute atomic E-state index is 0.168. The molecule has 0 bridgehead atoms. The highest BCUT2D eigenvalue weighted by Gasteiger charge is 2.20. The Morgan fingerprint density at radius 3 is 2.71 bits per heavy atom. The van der Waals surface area contributed by atoms with Gasteiger partial charge >= 0.3 is 0 Å². The van der Waals surface area contributed by atoms with Crippen LogP contribution < -0.4 is 10.6 Å². The van der Waals surface area contributed by atoms with Gasteiger partial charge in [-0.25, -0.2) is 0 Å². The first kappa shape index (κ1) is 12.2. The molecule has 0 spiro atoms. The molecule has 1 aromatic carbocycles. The highest BCUT2D eigenvalue weighted by Crippen LogP contribution is 2.26. The lowest BCUT2D eigenvalue weighted by molar-refractivity contribution is 0.152. The Morgan fingerprint density at radius 2 is 2.12 bits per heavy atom. The first-order valence-electron chi connectivity index (χ1n) is 6.43. The predicted octanol–water partition coefficient (Wildman–Crippen LogP) is 2.26. The van der Waals surface area contributed by atoms with E-state index in [1.165, 1.54) is 18.5 Å². The molecule has 1 fully saturated rings. The van der Waals surface area contributed by atoms with E-state index in [1.54, 1.807) is 0 Å². The van der Waals surface area contributed by atoms with Crippen LogP contribution in [0, 0.1) is 5.92 Å². The summed E-state index contributed by atoms with van der Waals surface area (Å²) in [6, 6.07) is 8.08. The molecule has 2 rings (SSSR count). The van der Waals surface area contributed by atoms with Crippen molar-refractivity contribution in [1.29, 1.82) is 0 Å². The van der Waals surface area contributed by atoms with Crippen molar-refractivity contribution < 1.29 is 5.11 Å². The normalized spacial score (nSPS) is 19.3. The summed E-state index contributed by atoms with van der Waals surface area (Å²) in [5, 5.41) is 9.39. The van der Waals surface area contributed by atoms with Gasteiger partial charge in [0.25, 0.3) is 0 Å². The highest BCUT2D eigenvalue weighted by atomic mass is 16.3. The Morgan fingerprint density at radius 1 is 1.41 bits per heavy atom. The van der Waals surface area contributed by atoms with E-state index in [1.807, 2.05) is 25.1 Å². The van der Waals surface area contributed by atoms with Gasteiger partial charge in [-0.2, -0.15) is 0 Å². The van der Waals surface area contributed by atoms with Crippen LogP contribution in [0.4, 0.5) is 11.4 Å². The van der Waals surface area contributed by atoms with Crippen LogP contribution in [0.25, 0.3) is 0 Å². The summed E-state index contributed by atoms with van der Waals surface area (Å²) in [5.41, 5.74) is 7.85.